The molecule has 1 amide bonds. The molecule has 0 N–H and O–H groups in total. The number of carbonyl (C=O) groups excluding carboxylic acids is 1. The molecule has 1 rings (SSSR count). The summed E-state index contributed by atoms with van der Waals surface area (Å²) >= 11 is 3.59. The Morgan fingerprint density at radius 3 is 2.75 bits per heavy atom. The van der Waals surface area contributed by atoms with Gasteiger partial charge in [-0.1, -0.05) is 0 Å². The Balaban J connectivity index is 2.46. The highest BCUT2D eigenvalue weighted by atomic mass is 32.2. The first-order chi connectivity index (χ1) is 5.79. The number of amides is 1. The SMILES string of the molecule is CSCC(SC)N1CCCC1=O. The van der Waals surface area contributed by atoms with Crippen LogP contribution in [-0.4, -0.2) is 41.0 Å². The summed E-state index contributed by atoms with van der Waals surface area (Å²) in [7, 11) is 0. The van der Waals surface area contributed by atoms with Gasteiger partial charge in [0.15, 0.2) is 0 Å². The van der Waals surface area contributed by atoms with Crippen molar-refractivity contribution in [1.82, 2.24) is 4.90 Å². The second-order valence-electron chi connectivity index (χ2n) is 2.84. The first-order valence-electron chi connectivity index (χ1n) is 4.10. The molecule has 1 heterocycles. The standard InChI is InChI=1S/C8H15NOS2/c1-11-6-8(12-2)9-5-3-4-7(9)10/h8H,3-6H2,1-2H3. The molecule has 1 aliphatic rings. The highest BCUT2D eigenvalue weighted by Crippen LogP contribution is 2.22. The molecular weight excluding hydrogens is 190 g/mol. The molecule has 0 aliphatic carbocycles. The summed E-state index contributed by atoms with van der Waals surface area (Å²) in [6.07, 6.45) is 5.96. The summed E-state index contributed by atoms with van der Waals surface area (Å²) in [6.45, 7) is 0.963. The van der Waals surface area contributed by atoms with Gasteiger partial charge in [0.05, 0.1) is 5.37 Å². The second-order valence-corrected chi connectivity index (χ2v) is 4.76. The molecule has 0 radical (unpaired) electrons. The van der Waals surface area contributed by atoms with Crippen LogP contribution in [0.4, 0.5) is 0 Å². The number of thioether (sulfide) groups is 2. The normalized spacial score (nSPS) is 20.2. The summed E-state index contributed by atoms with van der Waals surface area (Å²) in [5.74, 6) is 1.39. The van der Waals surface area contributed by atoms with E-state index in [1.807, 2.05) is 16.7 Å². The predicted octanol–water partition coefficient (Wildman–Crippen LogP) is 1.66. The van der Waals surface area contributed by atoms with Gasteiger partial charge in [0.25, 0.3) is 0 Å². The molecule has 0 aromatic rings. The number of nitrogens with zero attached hydrogens (tertiary/aromatic N) is 1. The first-order valence-corrected chi connectivity index (χ1v) is 6.79. The van der Waals surface area contributed by atoms with Gasteiger partial charge in [-0.2, -0.15) is 11.8 Å². The maximum atomic E-state index is 11.4. The van der Waals surface area contributed by atoms with E-state index < -0.39 is 0 Å². The van der Waals surface area contributed by atoms with Gasteiger partial charge in [-0.15, -0.1) is 11.8 Å². The van der Waals surface area contributed by atoms with E-state index in [1.54, 1.807) is 11.8 Å². The third-order valence-electron chi connectivity index (χ3n) is 2.04. The minimum absolute atomic E-state index is 0.336. The van der Waals surface area contributed by atoms with Gasteiger partial charge in [0, 0.05) is 18.7 Å². The fraction of sp³-hybridized carbons (Fsp3) is 0.875. The van der Waals surface area contributed by atoms with Crippen LogP contribution < -0.4 is 0 Å². The molecule has 0 aromatic carbocycles. The largest absolute Gasteiger partial charge is 0.330 e. The fourth-order valence-electron chi connectivity index (χ4n) is 1.40. The maximum Gasteiger partial charge on any atom is 0.223 e. The number of hydrogen-bond donors (Lipinski definition) is 0. The fourth-order valence-corrected chi connectivity index (χ4v) is 3.30. The van der Waals surface area contributed by atoms with Crippen LogP contribution in [0.5, 0.6) is 0 Å². The predicted molar refractivity (Wildman–Crippen MR) is 56.6 cm³/mol. The van der Waals surface area contributed by atoms with Crippen LogP contribution in [0.25, 0.3) is 0 Å². The van der Waals surface area contributed by atoms with E-state index in [0.717, 1.165) is 25.1 Å². The zero-order chi connectivity index (χ0) is 8.97. The third-order valence-corrected chi connectivity index (χ3v) is 3.86. The average molecular weight is 205 g/mol. The summed E-state index contributed by atoms with van der Waals surface area (Å²) in [4.78, 5) is 13.4. The van der Waals surface area contributed by atoms with E-state index >= 15 is 0 Å². The van der Waals surface area contributed by atoms with Crippen LogP contribution >= 0.6 is 23.5 Å². The average Bonchev–Trinajstić information content (AvgIpc) is 2.47. The Morgan fingerprint density at radius 2 is 2.33 bits per heavy atom. The molecule has 0 saturated carbocycles. The lowest BCUT2D eigenvalue weighted by Gasteiger charge is -2.25. The molecule has 1 saturated heterocycles. The molecule has 1 aliphatic heterocycles. The van der Waals surface area contributed by atoms with Crippen molar-refractivity contribution >= 4 is 29.4 Å². The number of hydrogen-bond acceptors (Lipinski definition) is 3. The van der Waals surface area contributed by atoms with Crippen molar-refractivity contribution < 1.29 is 4.79 Å². The van der Waals surface area contributed by atoms with Crippen LogP contribution in [0.15, 0.2) is 0 Å². The van der Waals surface area contributed by atoms with E-state index in [2.05, 4.69) is 12.5 Å². The van der Waals surface area contributed by atoms with E-state index in [0.29, 0.717) is 11.3 Å². The van der Waals surface area contributed by atoms with Gasteiger partial charge in [0.1, 0.15) is 0 Å². The molecular formula is C8H15NOS2. The minimum atomic E-state index is 0.336. The van der Waals surface area contributed by atoms with Gasteiger partial charge in [-0.25, -0.2) is 0 Å². The van der Waals surface area contributed by atoms with Crippen LogP contribution in [0, 0.1) is 0 Å². The van der Waals surface area contributed by atoms with Crippen molar-refractivity contribution in [3.63, 3.8) is 0 Å². The molecule has 1 unspecified atom stereocenters. The third kappa shape index (κ3) is 2.33. The van der Waals surface area contributed by atoms with Gasteiger partial charge >= 0.3 is 0 Å². The monoisotopic (exact) mass is 205 g/mol. The van der Waals surface area contributed by atoms with E-state index in [4.69, 9.17) is 0 Å². The lowest BCUT2D eigenvalue weighted by Crippen LogP contribution is -2.35. The van der Waals surface area contributed by atoms with E-state index in [9.17, 15) is 4.79 Å². The molecule has 12 heavy (non-hydrogen) atoms. The van der Waals surface area contributed by atoms with Crippen molar-refractivity contribution in [2.24, 2.45) is 0 Å². The van der Waals surface area contributed by atoms with Crippen molar-refractivity contribution in [2.45, 2.75) is 18.2 Å². The number of rotatable bonds is 4. The molecule has 0 bridgehead atoms. The highest BCUT2D eigenvalue weighted by molar-refractivity contribution is 8.02. The van der Waals surface area contributed by atoms with Crippen molar-refractivity contribution in [1.29, 1.82) is 0 Å². The minimum Gasteiger partial charge on any atom is -0.330 e. The van der Waals surface area contributed by atoms with Crippen LogP contribution in [0.2, 0.25) is 0 Å². The van der Waals surface area contributed by atoms with Crippen LogP contribution in [-0.2, 0) is 4.79 Å². The Morgan fingerprint density at radius 1 is 1.58 bits per heavy atom. The van der Waals surface area contributed by atoms with Crippen molar-refractivity contribution in [3.8, 4) is 0 Å². The van der Waals surface area contributed by atoms with Crippen LogP contribution in [0.1, 0.15) is 12.8 Å². The summed E-state index contributed by atoms with van der Waals surface area (Å²) in [5.41, 5.74) is 0. The lowest BCUT2D eigenvalue weighted by molar-refractivity contribution is -0.127. The Bertz CT molecular complexity index is 163. The van der Waals surface area contributed by atoms with Crippen molar-refractivity contribution in [2.75, 3.05) is 24.8 Å². The number of likely N-dealkylation sites (tertiary alicyclic amines) is 1. The maximum absolute atomic E-state index is 11.4. The van der Waals surface area contributed by atoms with Crippen molar-refractivity contribution in [3.05, 3.63) is 0 Å². The zero-order valence-electron chi connectivity index (χ0n) is 7.58. The lowest BCUT2D eigenvalue weighted by atomic mass is 10.4. The second kappa shape index (κ2) is 5.02. The zero-order valence-corrected chi connectivity index (χ0v) is 9.21. The first kappa shape index (κ1) is 10.3. The van der Waals surface area contributed by atoms with E-state index in [1.165, 1.54) is 0 Å². The smallest absolute Gasteiger partial charge is 0.223 e. The Kier molecular flexibility index (Phi) is 4.29. The van der Waals surface area contributed by atoms with E-state index in [-0.39, 0.29) is 0 Å². The highest BCUT2D eigenvalue weighted by Gasteiger charge is 2.26. The summed E-state index contributed by atoms with van der Waals surface area (Å²) < 4.78 is 0. The van der Waals surface area contributed by atoms with Gasteiger partial charge in [0.2, 0.25) is 5.91 Å². The molecule has 2 nitrogen and oxygen atoms in total. The van der Waals surface area contributed by atoms with Crippen LogP contribution in [0.3, 0.4) is 0 Å². The topological polar surface area (TPSA) is 20.3 Å². The Labute approximate surface area is 82.5 Å². The summed E-state index contributed by atoms with van der Waals surface area (Å²) in [6, 6.07) is 0. The molecule has 1 atom stereocenters. The molecule has 0 spiro atoms. The molecule has 70 valence electrons. The number of carbonyl (C=O) groups is 1. The molecule has 1 fully saturated rings. The summed E-state index contributed by atoms with van der Waals surface area (Å²) in [5, 5.41) is 0.398. The van der Waals surface area contributed by atoms with Gasteiger partial charge < -0.3 is 4.90 Å². The molecule has 0 aromatic heterocycles. The Hall–Kier alpha value is 0.170. The van der Waals surface area contributed by atoms with Gasteiger partial charge in [-0.05, 0) is 18.9 Å². The molecule has 4 heteroatoms. The quantitative estimate of drug-likeness (QED) is 0.696. The van der Waals surface area contributed by atoms with Gasteiger partial charge in [-0.3, -0.25) is 4.79 Å².